The number of aryl methyl sites for hydroxylation is 2. The fourth-order valence-corrected chi connectivity index (χ4v) is 3.31. The highest BCUT2D eigenvalue weighted by molar-refractivity contribution is 14.1. The SMILES string of the molecule is CCNC(=O)c1onc(-c2cc(C(C)C)c(C)cc2C)c1I. The molecular weight excluding hydrogens is 391 g/mol. The molecule has 1 N–H and O–H groups in total. The van der Waals surface area contributed by atoms with Crippen molar-refractivity contribution in [2.24, 2.45) is 0 Å². The van der Waals surface area contributed by atoms with Gasteiger partial charge in [-0.25, -0.2) is 0 Å². The number of hydrogen-bond donors (Lipinski definition) is 1. The minimum Gasteiger partial charge on any atom is -0.350 e. The molecule has 0 saturated heterocycles. The van der Waals surface area contributed by atoms with E-state index in [0.29, 0.717) is 12.5 Å². The molecule has 0 bridgehead atoms. The summed E-state index contributed by atoms with van der Waals surface area (Å²) in [4.78, 5) is 12.0. The van der Waals surface area contributed by atoms with Gasteiger partial charge in [-0.3, -0.25) is 4.79 Å². The number of benzene rings is 1. The molecule has 0 aliphatic rings. The monoisotopic (exact) mass is 412 g/mol. The molecule has 0 unspecified atom stereocenters. The lowest BCUT2D eigenvalue weighted by atomic mass is 9.92. The zero-order valence-corrected chi connectivity index (χ0v) is 15.7. The van der Waals surface area contributed by atoms with Crippen molar-refractivity contribution in [2.75, 3.05) is 6.54 Å². The van der Waals surface area contributed by atoms with Crippen LogP contribution in [0, 0.1) is 17.4 Å². The second-order valence-electron chi connectivity index (χ2n) is 5.71. The van der Waals surface area contributed by atoms with Crippen molar-refractivity contribution in [3.05, 3.63) is 38.2 Å². The lowest BCUT2D eigenvalue weighted by molar-refractivity contribution is 0.0918. The van der Waals surface area contributed by atoms with E-state index in [9.17, 15) is 4.79 Å². The normalized spacial score (nSPS) is 11.0. The van der Waals surface area contributed by atoms with Gasteiger partial charge >= 0.3 is 0 Å². The van der Waals surface area contributed by atoms with E-state index >= 15 is 0 Å². The Balaban J connectivity index is 2.53. The smallest absolute Gasteiger partial charge is 0.291 e. The first-order valence-electron chi connectivity index (χ1n) is 7.41. The predicted octanol–water partition coefficient (Wildman–Crippen LogP) is 4.44. The van der Waals surface area contributed by atoms with E-state index in [1.54, 1.807) is 0 Å². The third kappa shape index (κ3) is 3.19. The van der Waals surface area contributed by atoms with Gasteiger partial charge < -0.3 is 9.84 Å². The highest BCUT2D eigenvalue weighted by Gasteiger charge is 2.22. The summed E-state index contributed by atoms with van der Waals surface area (Å²) in [5.74, 6) is 0.495. The van der Waals surface area contributed by atoms with Gasteiger partial charge in [-0.05, 0) is 72.0 Å². The van der Waals surface area contributed by atoms with E-state index in [4.69, 9.17) is 4.52 Å². The maximum atomic E-state index is 12.0. The van der Waals surface area contributed by atoms with Crippen LogP contribution in [0.4, 0.5) is 0 Å². The fourth-order valence-electron chi connectivity index (χ4n) is 2.57. The highest BCUT2D eigenvalue weighted by Crippen LogP contribution is 2.33. The summed E-state index contributed by atoms with van der Waals surface area (Å²) in [5.41, 5.74) is 5.47. The maximum Gasteiger partial charge on any atom is 0.291 e. The largest absolute Gasteiger partial charge is 0.350 e. The first-order chi connectivity index (χ1) is 10.4. The van der Waals surface area contributed by atoms with Crippen LogP contribution in [0.5, 0.6) is 0 Å². The summed E-state index contributed by atoms with van der Waals surface area (Å²) in [6.45, 7) is 11.0. The first kappa shape index (κ1) is 17.0. The highest BCUT2D eigenvalue weighted by atomic mass is 127. The van der Waals surface area contributed by atoms with Crippen LogP contribution in [-0.4, -0.2) is 17.6 Å². The Hall–Kier alpha value is -1.37. The summed E-state index contributed by atoms with van der Waals surface area (Å²) in [6.07, 6.45) is 0. The lowest BCUT2D eigenvalue weighted by Crippen LogP contribution is -2.22. The zero-order chi connectivity index (χ0) is 16.4. The molecule has 0 atom stereocenters. The number of halogens is 1. The number of hydrogen-bond acceptors (Lipinski definition) is 3. The van der Waals surface area contributed by atoms with Crippen LogP contribution in [0.1, 0.15) is 53.9 Å². The van der Waals surface area contributed by atoms with Crippen LogP contribution in [0.25, 0.3) is 11.3 Å². The third-order valence-corrected chi connectivity index (χ3v) is 4.67. The number of rotatable bonds is 4. The molecule has 0 spiro atoms. The van der Waals surface area contributed by atoms with E-state index in [2.05, 4.69) is 72.9 Å². The molecule has 118 valence electrons. The molecule has 0 saturated carbocycles. The Bertz CT molecular complexity index is 705. The molecular formula is C17H21IN2O2. The lowest BCUT2D eigenvalue weighted by Gasteiger charge is -2.13. The number of carbonyl (C=O) groups is 1. The summed E-state index contributed by atoms with van der Waals surface area (Å²) in [6, 6.07) is 4.33. The average Bonchev–Trinajstić information content (AvgIpc) is 2.80. The van der Waals surface area contributed by atoms with Crippen LogP contribution in [0.2, 0.25) is 0 Å². The first-order valence-corrected chi connectivity index (χ1v) is 8.49. The Morgan fingerprint density at radius 2 is 2.00 bits per heavy atom. The van der Waals surface area contributed by atoms with Crippen molar-refractivity contribution in [3.63, 3.8) is 0 Å². The number of nitrogens with zero attached hydrogens (tertiary/aromatic N) is 1. The molecule has 1 aromatic carbocycles. The zero-order valence-electron chi connectivity index (χ0n) is 13.6. The second-order valence-corrected chi connectivity index (χ2v) is 6.79. The molecule has 0 radical (unpaired) electrons. The number of amides is 1. The summed E-state index contributed by atoms with van der Waals surface area (Å²) in [5, 5.41) is 6.88. The van der Waals surface area contributed by atoms with E-state index in [1.165, 1.54) is 11.1 Å². The van der Waals surface area contributed by atoms with Crippen LogP contribution in [0.3, 0.4) is 0 Å². The molecule has 5 heteroatoms. The quantitative estimate of drug-likeness (QED) is 0.756. The standard InChI is InChI=1S/C17H21IN2O2/c1-6-19-17(21)16-14(18)15(20-22-16)13-8-12(9(2)3)10(4)7-11(13)5/h7-9H,6H2,1-5H3,(H,19,21). The van der Waals surface area contributed by atoms with Gasteiger partial charge in [-0.15, -0.1) is 0 Å². The van der Waals surface area contributed by atoms with Crippen molar-refractivity contribution < 1.29 is 9.32 Å². The molecule has 0 aliphatic carbocycles. The second kappa shape index (κ2) is 6.81. The molecule has 1 aromatic heterocycles. The van der Waals surface area contributed by atoms with Gasteiger partial charge in [0.15, 0.2) is 0 Å². The minimum atomic E-state index is -0.223. The molecule has 1 heterocycles. The van der Waals surface area contributed by atoms with Crippen molar-refractivity contribution >= 4 is 28.5 Å². The van der Waals surface area contributed by atoms with Gasteiger partial charge in [0.2, 0.25) is 5.76 Å². The molecule has 0 aliphatic heterocycles. The van der Waals surface area contributed by atoms with Gasteiger partial charge in [0, 0.05) is 12.1 Å². The average molecular weight is 412 g/mol. The fraction of sp³-hybridized carbons (Fsp3) is 0.412. The number of aromatic nitrogens is 1. The summed E-state index contributed by atoms with van der Waals surface area (Å²) < 4.78 is 6.04. The Morgan fingerprint density at radius 3 is 2.59 bits per heavy atom. The molecule has 2 rings (SSSR count). The van der Waals surface area contributed by atoms with Gasteiger partial charge in [0.05, 0.1) is 3.57 Å². The van der Waals surface area contributed by atoms with Gasteiger partial charge in [0.25, 0.3) is 5.91 Å². The Labute approximate surface area is 144 Å². The summed E-state index contributed by atoms with van der Waals surface area (Å²) >= 11 is 2.13. The maximum absolute atomic E-state index is 12.0. The van der Waals surface area contributed by atoms with E-state index in [1.807, 2.05) is 6.92 Å². The molecule has 1 amide bonds. The molecule has 22 heavy (non-hydrogen) atoms. The molecule has 2 aromatic rings. The van der Waals surface area contributed by atoms with Gasteiger partial charge in [-0.2, -0.15) is 0 Å². The number of carbonyl (C=O) groups excluding carboxylic acids is 1. The van der Waals surface area contributed by atoms with Crippen LogP contribution in [0.15, 0.2) is 16.7 Å². The van der Waals surface area contributed by atoms with E-state index < -0.39 is 0 Å². The van der Waals surface area contributed by atoms with Crippen molar-refractivity contribution in [1.29, 1.82) is 0 Å². The predicted molar refractivity (Wildman–Crippen MR) is 96.2 cm³/mol. The number of nitrogens with one attached hydrogen (secondary N) is 1. The van der Waals surface area contributed by atoms with Crippen molar-refractivity contribution in [3.8, 4) is 11.3 Å². The Morgan fingerprint density at radius 1 is 1.32 bits per heavy atom. The van der Waals surface area contributed by atoms with Crippen molar-refractivity contribution in [1.82, 2.24) is 10.5 Å². The van der Waals surface area contributed by atoms with Gasteiger partial charge in [0.1, 0.15) is 5.69 Å². The summed E-state index contributed by atoms with van der Waals surface area (Å²) in [7, 11) is 0. The van der Waals surface area contributed by atoms with E-state index in [-0.39, 0.29) is 11.7 Å². The van der Waals surface area contributed by atoms with Crippen molar-refractivity contribution in [2.45, 2.75) is 40.5 Å². The topological polar surface area (TPSA) is 55.1 Å². The third-order valence-electron chi connectivity index (χ3n) is 3.67. The van der Waals surface area contributed by atoms with Crippen LogP contribution < -0.4 is 5.32 Å². The molecule has 4 nitrogen and oxygen atoms in total. The van der Waals surface area contributed by atoms with E-state index in [0.717, 1.165) is 20.4 Å². The molecule has 0 fully saturated rings. The van der Waals surface area contributed by atoms with Crippen LogP contribution in [-0.2, 0) is 0 Å². The Kier molecular flexibility index (Phi) is 5.26. The minimum absolute atomic E-state index is 0.223. The van der Waals surface area contributed by atoms with Crippen LogP contribution >= 0.6 is 22.6 Å². The van der Waals surface area contributed by atoms with Gasteiger partial charge in [-0.1, -0.05) is 25.1 Å².